The Morgan fingerprint density at radius 2 is 2.00 bits per heavy atom. The van der Waals surface area contributed by atoms with Crippen molar-refractivity contribution in [1.29, 1.82) is 0 Å². The maximum atomic E-state index is 11.0. The monoisotopic (exact) mass is 408 g/mol. The standard InChI is InChI=1S/C14H9ClN6OS3/c1-7(22)16-11-18-19-13(23-11)25-14-20-21-6-10(17-12(21)24-14)8-2-4-9(15)5-3-8/h2-6H,1H3,(H,16,18,22). The van der Waals surface area contributed by atoms with Crippen molar-refractivity contribution < 1.29 is 4.79 Å². The quantitative estimate of drug-likeness (QED) is 0.512. The van der Waals surface area contributed by atoms with Crippen molar-refractivity contribution in [3.05, 3.63) is 35.5 Å². The second kappa shape index (κ2) is 6.71. The average Bonchev–Trinajstić information content (AvgIpc) is 3.23. The van der Waals surface area contributed by atoms with Crippen LogP contribution in [0.5, 0.6) is 0 Å². The lowest BCUT2D eigenvalue weighted by Crippen LogP contribution is -2.04. The van der Waals surface area contributed by atoms with E-state index in [0.717, 1.165) is 20.6 Å². The summed E-state index contributed by atoms with van der Waals surface area (Å²) in [6.07, 6.45) is 1.88. The molecule has 0 unspecified atom stereocenters. The van der Waals surface area contributed by atoms with Gasteiger partial charge in [-0.3, -0.25) is 4.79 Å². The molecule has 126 valence electrons. The Kier molecular flexibility index (Phi) is 4.42. The molecule has 0 saturated heterocycles. The number of hydrogen-bond acceptors (Lipinski definition) is 8. The van der Waals surface area contributed by atoms with E-state index >= 15 is 0 Å². The number of nitrogens with zero attached hydrogens (tertiary/aromatic N) is 5. The Hall–Kier alpha value is -2.01. The molecule has 0 spiro atoms. The van der Waals surface area contributed by atoms with Gasteiger partial charge in [0.25, 0.3) is 0 Å². The molecule has 11 heteroatoms. The molecule has 1 amide bonds. The molecule has 4 rings (SSSR count). The first-order valence-corrected chi connectivity index (χ1v) is 9.81. The smallest absolute Gasteiger partial charge is 0.223 e. The molecule has 0 aliphatic rings. The van der Waals surface area contributed by atoms with Crippen molar-refractivity contribution in [1.82, 2.24) is 24.8 Å². The van der Waals surface area contributed by atoms with Crippen LogP contribution in [0.15, 0.2) is 39.1 Å². The maximum absolute atomic E-state index is 11.0. The molecule has 0 saturated carbocycles. The van der Waals surface area contributed by atoms with Crippen LogP contribution < -0.4 is 5.32 Å². The molecular weight excluding hydrogens is 400 g/mol. The van der Waals surface area contributed by atoms with Crippen LogP contribution in [-0.2, 0) is 4.79 Å². The van der Waals surface area contributed by atoms with Gasteiger partial charge in [-0.1, -0.05) is 46.4 Å². The van der Waals surface area contributed by atoms with Gasteiger partial charge in [0.15, 0.2) is 8.68 Å². The van der Waals surface area contributed by atoms with Crippen LogP contribution in [0.1, 0.15) is 6.92 Å². The van der Waals surface area contributed by atoms with E-state index in [2.05, 4.69) is 25.6 Å². The number of carbonyl (C=O) groups excluding carboxylic acids is 1. The second-order valence-corrected chi connectivity index (χ2v) is 8.75. The van der Waals surface area contributed by atoms with Gasteiger partial charge >= 0.3 is 0 Å². The molecule has 7 nitrogen and oxygen atoms in total. The molecule has 3 aromatic heterocycles. The van der Waals surface area contributed by atoms with Crippen LogP contribution in [0.2, 0.25) is 5.02 Å². The van der Waals surface area contributed by atoms with E-state index in [1.54, 1.807) is 4.52 Å². The fourth-order valence-corrected chi connectivity index (χ4v) is 5.06. The summed E-state index contributed by atoms with van der Waals surface area (Å²) in [5.74, 6) is -0.171. The van der Waals surface area contributed by atoms with Crippen LogP contribution in [0.4, 0.5) is 5.13 Å². The minimum atomic E-state index is -0.171. The zero-order valence-corrected chi connectivity index (χ0v) is 15.8. The van der Waals surface area contributed by atoms with E-state index in [9.17, 15) is 4.79 Å². The zero-order valence-electron chi connectivity index (χ0n) is 12.6. The van der Waals surface area contributed by atoms with E-state index in [1.165, 1.54) is 41.4 Å². The van der Waals surface area contributed by atoms with Crippen LogP contribution >= 0.6 is 46.0 Å². The third-order valence-electron chi connectivity index (χ3n) is 3.03. The lowest BCUT2D eigenvalue weighted by atomic mass is 10.2. The van der Waals surface area contributed by atoms with Crippen molar-refractivity contribution in [3.63, 3.8) is 0 Å². The van der Waals surface area contributed by atoms with E-state index in [0.29, 0.717) is 14.5 Å². The summed E-state index contributed by atoms with van der Waals surface area (Å²) in [4.78, 5) is 16.4. The summed E-state index contributed by atoms with van der Waals surface area (Å²) in [6, 6.07) is 7.52. The van der Waals surface area contributed by atoms with Crippen LogP contribution in [-0.4, -0.2) is 30.7 Å². The van der Waals surface area contributed by atoms with Gasteiger partial charge in [0, 0.05) is 17.5 Å². The number of hydrogen-bond donors (Lipinski definition) is 1. The maximum Gasteiger partial charge on any atom is 0.223 e. The Balaban J connectivity index is 1.54. The molecule has 3 heterocycles. The van der Waals surface area contributed by atoms with Crippen LogP contribution in [0.25, 0.3) is 16.2 Å². The van der Waals surface area contributed by atoms with Crippen molar-refractivity contribution >= 4 is 62.0 Å². The van der Waals surface area contributed by atoms with Crippen LogP contribution in [0, 0.1) is 0 Å². The SMILES string of the molecule is CC(=O)Nc1nnc(Sc2nn3cc(-c4ccc(Cl)cc4)nc3s2)s1. The van der Waals surface area contributed by atoms with Crippen molar-refractivity contribution in [2.24, 2.45) is 0 Å². The number of fused-ring (bicyclic) bond motifs is 1. The molecule has 0 aliphatic carbocycles. The molecule has 0 atom stereocenters. The highest BCUT2D eigenvalue weighted by Crippen LogP contribution is 2.35. The van der Waals surface area contributed by atoms with Crippen molar-refractivity contribution in [2.45, 2.75) is 15.6 Å². The highest BCUT2D eigenvalue weighted by molar-refractivity contribution is 8.02. The molecule has 0 radical (unpaired) electrons. The van der Waals surface area contributed by atoms with Crippen LogP contribution in [0.3, 0.4) is 0 Å². The first kappa shape index (κ1) is 16.5. The average molecular weight is 409 g/mol. The van der Waals surface area contributed by atoms with E-state index in [-0.39, 0.29) is 5.91 Å². The number of benzene rings is 1. The molecule has 25 heavy (non-hydrogen) atoms. The van der Waals surface area contributed by atoms with E-state index in [1.807, 2.05) is 30.5 Å². The number of anilines is 1. The summed E-state index contributed by atoms with van der Waals surface area (Å²) >= 11 is 10.1. The van der Waals surface area contributed by atoms with Gasteiger partial charge in [-0.15, -0.1) is 15.3 Å². The number of nitrogens with one attached hydrogen (secondary N) is 1. The molecule has 4 aromatic rings. The Bertz CT molecular complexity index is 1020. The predicted octanol–water partition coefficient (Wildman–Crippen LogP) is 4.07. The molecule has 0 fully saturated rings. The predicted molar refractivity (Wildman–Crippen MR) is 99.6 cm³/mol. The van der Waals surface area contributed by atoms with Gasteiger partial charge in [0.05, 0.1) is 11.9 Å². The van der Waals surface area contributed by atoms with Gasteiger partial charge in [-0.2, -0.15) is 0 Å². The first-order valence-electron chi connectivity index (χ1n) is 6.98. The fourth-order valence-electron chi connectivity index (χ4n) is 2.01. The topological polar surface area (TPSA) is 85.1 Å². The molecular formula is C14H9ClN6OS3. The minimum absolute atomic E-state index is 0.171. The Morgan fingerprint density at radius 3 is 2.72 bits per heavy atom. The van der Waals surface area contributed by atoms with Gasteiger partial charge in [-0.05, 0) is 23.9 Å². The van der Waals surface area contributed by atoms with E-state index < -0.39 is 0 Å². The Morgan fingerprint density at radius 1 is 1.20 bits per heavy atom. The largest absolute Gasteiger partial charge is 0.301 e. The minimum Gasteiger partial charge on any atom is -0.301 e. The lowest BCUT2D eigenvalue weighted by molar-refractivity contribution is -0.114. The lowest BCUT2D eigenvalue weighted by Gasteiger charge is -1.95. The summed E-state index contributed by atoms with van der Waals surface area (Å²) in [6.45, 7) is 1.43. The number of carbonyl (C=O) groups is 1. The van der Waals surface area contributed by atoms with Gasteiger partial charge in [-0.25, -0.2) is 9.50 Å². The second-order valence-electron chi connectivity index (χ2n) is 4.88. The van der Waals surface area contributed by atoms with Crippen molar-refractivity contribution in [2.75, 3.05) is 5.32 Å². The number of imidazole rings is 1. The summed E-state index contributed by atoms with van der Waals surface area (Å²) in [7, 11) is 0. The molecule has 0 aliphatic heterocycles. The fraction of sp³-hybridized carbons (Fsp3) is 0.0714. The van der Waals surface area contributed by atoms with E-state index in [4.69, 9.17) is 11.6 Å². The third kappa shape index (κ3) is 3.66. The molecule has 1 aromatic carbocycles. The van der Waals surface area contributed by atoms with Gasteiger partial charge in [0.2, 0.25) is 16.0 Å². The number of rotatable bonds is 4. The summed E-state index contributed by atoms with van der Waals surface area (Å²) in [5, 5.41) is 16.2. The van der Waals surface area contributed by atoms with Gasteiger partial charge < -0.3 is 5.32 Å². The third-order valence-corrected chi connectivity index (χ3v) is 6.14. The normalized spacial score (nSPS) is 11.1. The molecule has 0 bridgehead atoms. The van der Waals surface area contributed by atoms with Gasteiger partial charge in [0.1, 0.15) is 0 Å². The zero-order chi connectivity index (χ0) is 17.4. The molecule has 1 N–H and O–H groups in total. The number of amides is 1. The first-order chi connectivity index (χ1) is 12.1. The number of aromatic nitrogens is 5. The number of halogens is 1. The Labute approximate surface area is 159 Å². The highest BCUT2D eigenvalue weighted by Gasteiger charge is 2.13. The summed E-state index contributed by atoms with van der Waals surface area (Å²) in [5.41, 5.74) is 1.83. The highest BCUT2D eigenvalue weighted by atomic mass is 35.5. The van der Waals surface area contributed by atoms with Crippen molar-refractivity contribution in [3.8, 4) is 11.3 Å². The summed E-state index contributed by atoms with van der Waals surface area (Å²) < 4.78 is 3.25.